The van der Waals surface area contributed by atoms with Crippen LogP contribution in [0.1, 0.15) is 11.1 Å². The fourth-order valence-corrected chi connectivity index (χ4v) is 2.89. The summed E-state index contributed by atoms with van der Waals surface area (Å²) in [6, 6.07) is 20.4. The van der Waals surface area contributed by atoms with Crippen molar-refractivity contribution in [1.29, 1.82) is 0 Å². The molecular formula is C18H16BrNO. The minimum Gasteiger partial charge on any atom is -0.506 e. The number of nitrogens with one attached hydrogen (secondary N) is 1. The summed E-state index contributed by atoms with van der Waals surface area (Å²) in [5.41, 5.74) is 2.16. The second-order valence-corrected chi connectivity index (χ2v) is 5.84. The molecule has 0 bridgehead atoms. The molecule has 3 rings (SSSR count). The number of fused-ring (bicyclic) bond motifs is 1. The van der Waals surface area contributed by atoms with Crippen LogP contribution in [0.25, 0.3) is 10.8 Å². The van der Waals surface area contributed by atoms with Gasteiger partial charge in [-0.3, -0.25) is 0 Å². The topological polar surface area (TPSA) is 32.3 Å². The van der Waals surface area contributed by atoms with E-state index in [1.54, 1.807) is 0 Å². The van der Waals surface area contributed by atoms with E-state index in [0.717, 1.165) is 16.6 Å². The van der Waals surface area contributed by atoms with E-state index >= 15 is 0 Å². The van der Waals surface area contributed by atoms with E-state index < -0.39 is 0 Å². The van der Waals surface area contributed by atoms with Gasteiger partial charge in [0.05, 0.1) is 4.47 Å². The predicted octanol–water partition coefficient (Wildman–Crippen LogP) is 4.60. The van der Waals surface area contributed by atoms with Crippen molar-refractivity contribution in [3.63, 3.8) is 0 Å². The van der Waals surface area contributed by atoms with Gasteiger partial charge in [0, 0.05) is 18.7 Å². The van der Waals surface area contributed by atoms with Crippen LogP contribution in [0.2, 0.25) is 0 Å². The number of aromatic hydroxyl groups is 1. The Morgan fingerprint density at radius 3 is 2.38 bits per heavy atom. The van der Waals surface area contributed by atoms with Crippen LogP contribution in [0.3, 0.4) is 0 Å². The van der Waals surface area contributed by atoms with Crippen LogP contribution < -0.4 is 5.32 Å². The molecular weight excluding hydrogens is 326 g/mol. The normalized spacial score (nSPS) is 10.9. The lowest BCUT2D eigenvalue weighted by atomic mass is 10.0. The zero-order chi connectivity index (χ0) is 14.7. The molecule has 0 spiro atoms. The lowest BCUT2D eigenvalue weighted by Crippen LogP contribution is -2.13. The summed E-state index contributed by atoms with van der Waals surface area (Å²) in [6.45, 7) is 1.40. The monoisotopic (exact) mass is 341 g/mol. The Labute approximate surface area is 132 Å². The number of hydrogen-bond acceptors (Lipinski definition) is 2. The third-order valence-electron chi connectivity index (χ3n) is 3.58. The Bertz CT molecular complexity index is 765. The van der Waals surface area contributed by atoms with Crippen molar-refractivity contribution in [1.82, 2.24) is 5.32 Å². The Morgan fingerprint density at radius 1 is 0.810 bits per heavy atom. The van der Waals surface area contributed by atoms with E-state index in [1.807, 2.05) is 18.2 Å². The maximum atomic E-state index is 9.98. The third-order valence-corrected chi connectivity index (χ3v) is 4.22. The number of hydrogen-bond donors (Lipinski definition) is 2. The highest BCUT2D eigenvalue weighted by Crippen LogP contribution is 2.27. The second kappa shape index (κ2) is 6.29. The van der Waals surface area contributed by atoms with Gasteiger partial charge in [0.15, 0.2) is 0 Å². The zero-order valence-electron chi connectivity index (χ0n) is 11.5. The standard InChI is InChI=1S/C18H16BrNO/c19-17-10-4-8-15(18(17)21)12-20-11-14-7-3-6-13-5-1-2-9-16(13)14/h1-10,20-21H,11-12H2. The summed E-state index contributed by atoms with van der Waals surface area (Å²) in [5.74, 6) is 0.308. The second-order valence-electron chi connectivity index (χ2n) is 4.99. The minimum absolute atomic E-state index is 0.308. The van der Waals surface area contributed by atoms with Gasteiger partial charge in [0.25, 0.3) is 0 Å². The highest BCUT2D eigenvalue weighted by Gasteiger charge is 2.05. The molecule has 0 saturated heterocycles. The number of phenolic OH excluding ortho intramolecular Hbond substituents is 1. The van der Waals surface area contributed by atoms with Crippen LogP contribution in [0.5, 0.6) is 5.75 Å². The first-order valence-corrected chi connectivity index (χ1v) is 7.69. The Balaban J connectivity index is 1.74. The molecule has 2 N–H and O–H groups in total. The summed E-state index contributed by atoms with van der Waals surface area (Å²) < 4.78 is 0.729. The van der Waals surface area contributed by atoms with Gasteiger partial charge in [-0.05, 0) is 38.3 Å². The molecule has 3 aromatic rings. The molecule has 0 unspecified atom stereocenters. The highest BCUT2D eigenvalue weighted by atomic mass is 79.9. The summed E-state index contributed by atoms with van der Waals surface area (Å²) in [7, 11) is 0. The largest absolute Gasteiger partial charge is 0.506 e. The number of halogens is 1. The summed E-state index contributed by atoms with van der Waals surface area (Å²) in [4.78, 5) is 0. The molecule has 0 fully saturated rings. The van der Waals surface area contributed by atoms with Crippen molar-refractivity contribution >= 4 is 26.7 Å². The number of rotatable bonds is 4. The summed E-state index contributed by atoms with van der Waals surface area (Å²) >= 11 is 3.34. The quantitative estimate of drug-likeness (QED) is 0.726. The molecule has 3 heteroatoms. The minimum atomic E-state index is 0.308. The molecule has 0 radical (unpaired) electrons. The first-order valence-electron chi connectivity index (χ1n) is 6.89. The molecule has 0 heterocycles. The van der Waals surface area contributed by atoms with E-state index in [0.29, 0.717) is 12.3 Å². The molecule has 0 aliphatic rings. The highest BCUT2D eigenvalue weighted by molar-refractivity contribution is 9.10. The van der Waals surface area contributed by atoms with Gasteiger partial charge in [0.1, 0.15) is 5.75 Å². The Morgan fingerprint density at radius 2 is 1.48 bits per heavy atom. The van der Waals surface area contributed by atoms with Gasteiger partial charge in [-0.15, -0.1) is 0 Å². The van der Waals surface area contributed by atoms with Crippen LogP contribution in [-0.2, 0) is 13.1 Å². The average molecular weight is 342 g/mol. The van der Waals surface area contributed by atoms with Gasteiger partial charge >= 0.3 is 0 Å². The molecule has 0 saturated carbocycles. The molecule has 0 atom stereocenters. The summed E-state index contributed by atoms with van der Waals surface area (Å²) in [6.07, 6.45) is 0. The zero-order valence-corrected chi connectivity index (χ0v) is 13.1. The first-order chi connectivity index (χ1) is 10.3. The number of benzene rings is 3. The number of para-hydroxylation sites is 1. The molecule has 21 heavy (non-hydrogen) atoms. The van der Waals surface area contributed by atoms with Gasteiger partial charge in [-0.2, -0.15) is 0 Å². The van der Waals surface area contributed by atoms with E-state index in [1.165, 1.54) is 16.3 Å². The Kier molecular flexibility index (Phi) is 4.23. The van der Waals surface area contributed by atoms with Crippen LogP contribution in [0.15, 0.2) is 65.1 Å². The van der Waals surface area contributed by atoms with E-state index in [9.17, 15) is 5.11 Å². The lowest BCUT2D eigenvalue weighted by Gasteiger charge is -2.10. The van der Waals surface area contributed by atoms with Crippen LogP contribution >= 0.6 is 15.9 Å². The lowest BCUT2D eigenvalue weighted by molar-refractivity contribution is 0.461. The van der Waals surface area contributed by atoms with Crippen LogP contribution in [-0.4, -0.2) is 5.11 Å². The smallest absolute Gasteiger partial charge is 0.134 e. The maximum absolute atomic E-state index is 9.98. The maximum Gasteiger partial charge on any atom is 0.134 e. The van der Waals surface area contributed by atoms with Gasteiger partial charge in [0.2, 0.25) is 0 Å². The molecule has 0 aliphatic carbocycles. The van der Waals surface area contributed by atoms with E-state index in [4.69, 9.17) is 0 Å². The molecule has 0 aromatic heterocycles. The Hall–Kier alpha value is -1.84. The van der Waals surface area contributed by atoms with E-state index in [2.05, 4.69) is 63.7 Å². The van der Waals surface area contributed by atoms with Crippen LogP contribution in [0, 0.1) is 0 Å². The van der Waals surface area contributed by atoms with Crippen molar-refractivity contribution in [2.75, 3.05) is 0 Å². The van der Waals surface area contributed by atoms with Crippen molar-refractivity contribution < 1.29 is 5.11 Å². The first kappa shape index (κ1) is 14.1. The molecule has 0 aliphatic heterocycles. The van der Waals surface area contributed by atoms with Gasteiger partial charge < -0.3 is 10.4 Å². The van der Waals surface area contributed by atoms with E-state index in [-0.39, 0.29) is 0 Å². The van der Waals surface area contributed by atoms with Gasteiger partial charge in [-0.25, -0.2) is 0 Å². The van der Waals surface area contributed by atoms with Crippen LogP contribution in [0.4, 0.5) is 0 Å². The fourth-order valence-electron chi connectivity index (χ4n) is 2.48. The fraction of sp³-hybridized carbons (Fsp3) is 0.111. The third kappa shape index (κ3) is 3.09. The van der Waals surface area contributed by atoms with Gasteiger partial charge in [-0.1, -0.05) is 54.6 Å². The van der Waals surface area contributed by atoms with Crippen molar-refractivity contribution in [2.24, 2.45) is 0 Å². The average Bonchev–Trinajstić information content (AvgIpc) is 2.52. The SMILES string of the molecule is Oc1c(Br)cccc1CNCc1cccc2ccccc12. The van der Waals surface area contributed by atoms with Crippen molar-refractivity contribution in [3.8, 4) is 5.75 Å². The molecule has 2 nitrogen and oxygen atoms in total. The van der Waals surface area contributed by atoms with Crippen molar-refractivity contribution in [3.05, 3.63) is 76.3 Å². The molecule has 106 valence electrons. The summed E-state index contributed by atoms with van der Waals surface area (Å²) in [5, 5.41) is 15.9. The molecule has 3 aromatic carbocycles. The number of phenols is 1. The van der Waals surface area contributed by atoms with Crippen molar-refractivity contribution in [2.45, 2.75) is 13.1 Å². The predicted molar refractivity (Wildman–Crippen MR) is 90.3 cm³/mol. The molecule has 0 amide bonds.